The first-order chi connectivity index (χ1) is 4.58. The second-order valence-corrected chi connectivity index (χ2v) is 3.25. The molecule has 0 saturated heterocycles. The van der Waals surface area contributed by atoms with E-state index >= 15 is 0 Å². The maximum absolute atomic E-state index is 4.79. The molecule has 1 N–H and O–H groups in total. The average molecular weight is 140 g/mol. The first-order valence-corrected chi connectivity index (χ1v) is 3.24. The van der Waals surface area contributed by atoms with Crippen LogP contribution >= 0.6 is 0 Å². The number of oxazole rings is 1. The van der Waals surface area contributed by atoms with Crippen LogP contribution in [-0.4, -0.2) is 10.5 Å². The highest BCUT2D eigenvalue weighted by molar-refractivity contribution is 5.31. The van der Waals surface area contributed by atoms with E-state index in [-0.39, 0.29) is 5.54 Å². The van der Waals surface area contributed by atoms with E-state index in [0.717, 1.165) is 5.82 Å². The van der Waals surface area contributed by atoms with Crippen molar-refractivity contribution < 1.29 is 4.42 Å². The molecule has 0 saturated carbocycles. The highest BCUT2D eigenvalue weighted by atomic mass is 16.3. The summed E-state index contributed by atoms with van der Waals surface area (Å²) < 4.78 is 4.79. The molecule has 56 valence electrons. The summed E-state index contributed by atoms with van der Waals surface area (Å²) in [5.74, 6) is 0.785. The normalized spacial score (nSPS) is 11.5. The van der Waals surface area contributed by atoms with Crippen molar-refractivity contribution >= 4 is 5.82 Å². The molecule has 3 heteroatoms. The predicted octanol–water partition coefficient (Wildman–Crippen LogP) is 1.88. The first kappa shape index (κ1) is 7.12. The summed E-state index contributed by atoms with van der Waals surface area (Å²) in [6.07, 6.45) is 3.00. The van der Waals surface area contributed by atoms with Crippen LogP contribution in [0.5, 0.6) is 0 Å². The molecule has 0 unspecified atom stereocenters. The lowest BCUT2D eigenvalue weighted by molar-refractivity contribution is 0.556. The van der Waals surface area contributed by atoms with Gasteiger partial charge < -0.3 is 9.73 Å². The Hall–Kier alpha value is -0.990. The van der Waals surface area contributed by atoms with Gasteiger partial charge in [-0.05, 0) is 20.8 Å². The van der Waals surface area contributed by atoms with Gasteiger partial charge in [-0.1, -0.05) is 0 Å². The molecule has 0 atom stereocenters. The Morgan fingerprint density at radius 2 is 2.20 bits per heavy atom. The zero-order valence-corrected chi connectivity index (χ0v) is 6.51. The van der Waals surface area contributed by atoms with Crippen molar-refractivity contribution in [3.05, 3.63) is 12.7 Å². The molecule has 0 aliphatic heterocycles. The van der Waals surface area contributed by atoms with Crippen LogP contribution in [0, 0.1) is 0 Å². The zero-order valence-electron chi connectivity index (χ0n) is 6.51. The molecular formula is C7H12N2O. The van der Waals surface area contributed by atoms with Gasteiger partial charge in [-0.15, -0.1) is 0 Å². The molecule has 1 heterocycles. The van der Waals surface area contributed by atoms with E-state index in [1.807, 2.05) is 0 Å². The lowest BCUT2D eigenvalue weighted by atomic mass is 10.1. The molecule has 1 rings (SSSR count). The Labute approximate surface area is 60.5 Å². The quantitative estimate of drug-likeness (QED) is 0.647. The van der Waals surface area contributed by atoms with Gasteiger partial charge in [-0.25, -0.2) is 0 Å². The van der Waals surface area contributed by atoms with Gasteiger partial charge in [0, 0.05) is 5.54 Å². The molecule has 10 heavy (non-hydrogen) atoms. The van der Waals surface area contributed by atoms with Crippen molar-refractivity contribution in [2.24, 2.45) is 0 Å². The number of hydrogen-bond donors (Lipinski definition) is 1. The van der Waals surface area contributed by atoms with Gasteiger partial charge in [-0.3, -0.25) is 0 Å². The Balaban J connectivity index is 2.57. The summed E-state index contributed by atoms with van der Waals surface area (Å²) in [5, 5.41) is 3.16. The van der Waals surface area contributed by atoms with Crippen LogP contribution in [0.15, 0.2) is 17.1 Å². The molecule has 0 amide bonds. The first-order valence-electron chi connectivity index (χ1n) is 3.24. The third-order valence-corrected chi connectivity index (χ3v) is 0.935. The van der Waals surface area contributed by atoms with Crippen LogP contribution in [-0.2, 0) is 0 Å². The monoisotopic (exact) mass is 140 g/mol. The Morgan fingerprint density at radius 1 is 1.50 bits per heavy atom. The fourth-order valence-electron chi connectivity index (χ4n) is 0.658. The minimum Gasteiger partial charge on any atom is -0.449 e. The summed E-state index contributed by atoms with van der Waals surface area (Å²) in [4.78, 5) is 3.92. The SMILES string of the molecule is CC(C)(C)Nc1cocn1. The molecule has 0 radical (unpaired) electrons. The third kappa shape index (κ3) is 2.09. The molecule has 0 aliphatic carbocycles. The smallest absolute Gasteiger partial charge is 0.182 e. The number of aromatic nitrogens is 1. The van der Waals surface area contributed by atoms with Crippen LogP contribution in [0.4, 0.5) is 5.82 Å². The molecule has 0 spiro atoms. The minimum absolute atomic E-state index is 0.0525. The summed E-state index contributed by atoms with van der Waals surface area (Å²) in [6.45, 7) is 6.21. The summed E-state index contributed by atoms with van der Waals surface area (Å²) in [7, 11) is 0. The van der Waals surface area contributed by atoms with Crippen LogP contribution in [0.2, 0.25) is 0 Å². The van der Waals surface area contributed by atoms with Gasteiger partial charge in [0.15, 0.2) is 12.2 Å². The molecule has 1 aromatic heterocycles. The van der Waals surface area contributed by atoms with Crippen molar-refractivity contribution in [3.8, 4) is 0 Å². The Kier molecular flexibility index (Phi) is 1.66. The largest absolute Gasteiger partial charge is 0.449 e. The van der Waals surface area contributed by atoms with Gasteiger partial charge in [0.2, 0.25) is 0 Å². The third-order valence-electron chi connectivity index (χ3n) is 0.935. The second-order valence-electron chi connectivity index (χ2n) is 3.25. The average Bonchev–Trinajstić information content (AvgIpc) is 2.12. The van der Waals surface area contributed by atoms with Gasteiger partial charge in [-0.2, -0.15) is 4.98 Å². The highest BCUT2D eigenvalue weighted by Crippen LogP contribution is 2.10. The zero-order chi connectivity index (χ0) is 7.61. The number of anilines is 1. The van der Waals surface area contributed by atoms with E-state index in [1.54, 1.807) is 6.26 Å². The number of hydrogen-bond acceptors (Lipinski definition) is 3. The highest BCUT2D eigenvalue weighted by Gasteiger charge is 2.09. The van der Waals surface area contributed by atoms with Gasteiger partial charge >= 0.3 is 0 Å². The fraction of sp³-hybridized carbons (Fsp3) is 0.571. The van der Waals surface area contributed by atoms with Crippen molar-refractivity contribution in [2.45, 2.75) is 26.3 Å². The lowest BCUT2D eigenvalue weighted by Gasteiger charge is -2.19. The van der Waals surface area contributed by atoms with E-state index in [2.05, 4.69) is 31.1 Å². The van der Waals surface area contributed by atoms with Crippen LogP contribution < -0.4 is 5.32 Å². The van der Waals surface area contributed by atoms with Crippen LogP contribution in [0.3, 0.4) is 0 Å². The molecular weight excluding hydrogens is 128 g/mol. The molecule has 3 nitrogen and oxygen atoms in total. The number of nitrogens with one attached hydrogen (secondary N) is 1. The number of rotatable bonds is 1. The van der Waals surface area contributed by atoms with E-state index in [0.29, 0.717) is 0 Å². The van der Waals surface area contributed by atoms with Crippen molar-refractivity contribution in [1.29, 1.82) is 0 Å². The van der Waals surface area contributed by atoms with Gasteiger partial charge in [0.1, 0.15) is 6.26 Å². The van der Waals surface area contributed by atoms with Gasteiger partial charge in [0.25, 0.3) is 0 Å². The maximum Gasteiger partial charge on any atom is 0.182 e. The predicted molar refractivity (Wildman–Crippen MR) is 39.9 cm³/mol. The van der Waals surface area contributed by atoms with E-state index in [9.17, 15) is 0 Å². The number of nitrogens with zero attached hydrogens (tertiary/aromatic N) is 1. The van der Waals surface area contributed by atoms with Crippen LogP contribution in [0.25, 0.3) is 0 Å². The molecule has 0 fully saturated rings. The summed E-state index contributed by atoms with van der Waals surface area (Å²) in [5.41, 5.74) is 0.0525. The van der Waals surface area contributed by atoms with Crippen molar-refractivity contribution in [3.63, 3.8) is 0 Å². The summed E-state index contributed by atoms with van der Waals surface area (Å²) >= 11 is 0. The minimum atomic E-state index is 0.0525. The van der Waals surface area contributed by atoms with Gasteiger partial charge in [0.05, 0.1) is 0 Å². The lowest BCUT2D eigenvalue weighted by Crippen LogP contribution is -2.26. The summed E-state index contributed by atoms with van der Waals surface area (Å²) in [6, 6.07) is 0. The van der Waals surface area contributed by atoms with E-state index in [1.165, 1.54) is 6.39 Å². The Morgan fingerprint density at radius 3 is 2.60 bits per heavy atom. The maximum atomic E-state index is 4.79. The molecule has 1 aromatic rings. The van der Waals surface area contributed by atoms with E-state index < -0.39 is 0 Å². The second kappa shape index (κ2) is 2.33. The molecule has 0 aromatic carbocycles. The Bertz CT molecular complexity index is 186. The van der Waals surface area contributed by atoms with Crippen molar-refractivity contribution in [1.82, 2.24) is 4.98 Å². The molecule has 0 bridgehead atoms. The van der Waals surface area contributed by atoms with Crippen molar-refractivity contribution in [2.75, 3.05) is 5.32 Å². The topological polar surface area (TPSA) is 38.1 Å². The standard InChI is InChI=1S/C7H12N2O/c1-7(2,3)9-6-4-10-5-8-6/h4-5,9H,1-3H3. The van der Waals surface area contributed by atoms with Crippen LogP contribution in [0.1, 0.15) is 20.8 Å². The van der Waals surface area contributed by atoms with E-state index in [4.69, 9.17) is 4.42 Å². The molecule has 0 aliphatic rings. The fourth-order valence-corrected chi connectivity index (χ4v) is 0.658.